The molecule has 126 valence electrons. The predicted molar refractivity (Wildman–Crippen MR) is 93.6 cm³/mol. The van der Waals surface area contributed by atoms with E-state index in [1.807, 2.05) is 18.7 Å². The van der Waals surface area contributed by atoms with Gasteiger partial charge in [0.25, 0.3) is 0 Å². The number of β-lactam (4-membered cyclic amide) rings is 1. The minimum atomic E-state index is -1.91. The first-order valence-electron chi connectivity index (χ1n) is 8.13. The molecular formula is C16H29NO3SSi. The molecule has 4 nitrogen and oxygen atoms in total. The van der Waals surface area contributed by atoms with Crippen LogP contribution in [-0.4, -0.2) is 43.7 Å². The fourth-order valence-electron chi connectivity index (χ4n) is 2.95. The van der Waals surface area contributed by atoms with Crippen LogP contribution >= 0.6 is 11.8 Å². The first-order chi connectivity index (χ1) is 10.0. The molecule has 2 aliphatic rings. The highest BCUT2D eigenvalue weighted by atomic mass is 32.2. The molecule has 4 atom stereocenters. The summed E-state index contributed by atoms with van der Waals surface area (Å²) in [5.41, 5.74) is 0. The zero-order valence-electron chi connectivity index (χ0n) is 14.6. The highest BCUT2D eigenvalue weighted by Crippen LogP contribution is 2.40. The Hall–Kier alpha value is -0.333. The van der Waals surface area contributed by atoms with Crippen LogP contribution in [0.1, 0.15) is 34.1 Å². The molecular weight excluding hydrogens is 314 g/mol. The van der Waals surface area contributed by atoms with Gasteiger partial charge in [-0.2, -0.15) is 11.8 Å². The summed E-state index contributed by atoms with van der Waals surface area (Å²) in [5, 5.41) is 3.08. The van der Waals surface area contributed by atoms with Crippen molar-refractivity contribution in [2.45, 2.75) is 64.4 Å². The largest absolute Gasteiger partial charge is 0.413 e. The number of rotatable bonds is 4. The number of carbonyl (C=O) groups is 2. The van der Waals surface area contributed by atoms with Crippen LogP contribution in [0, 0.1) is 11.8 Å². The van der Waals surface area contributed by atoms with E-state index < -0.39 is 8.32 Å². The molecule has 0 unspecified atom stereocenters. The molecule has 2 rings (SSSR count). The molecule has 6 heteroatoms. The summed E-state index contributed by atoms with van der Waals surface area (Å²) >= 11 is 1.81. The number of hydrogen-bond acceptors (Lipinski definition) is 4. The van der Waals surface area contributed by atoms with Gasteiger partial charge in [-0.1, -0.05) is 20.8 Å². The van der Waals surface area contributed by atoms with Crippen LogP contribution in [0.2, 0.25) is 18.1 Å². The smallest absolute Gasteiger partial charge is 0.228 e. The number of thioether (sulfide) groups is 1. The lowest BCUT2D eigenvalue weighted by Gasteiger charge is -2.47. The van der Waals surface area contributed by atoms with Crippen molar-refractivity contribution in [3.05, 3.63) is 0 Å². The molecule has 2 saturated heterocycles. The van der Waals surface area contributed by atoms with Gasteiger partial charge in [0, 0.05) is 23.8 Å². The van der Waals surface area contributed by atoms with E-state index in [2.05, 4.69) is 39.2 Å². The number of carbonyl (C=O) groups excluding carboxylic acids is 2. The van der Waals surface area contributed by atoms with Gasteiger partial charge in [-0.3, -0.25) is 9.59 Å². The van der Waals surface area contributed by atoms with Crippen molar-refractivity contribution < 1.29 is 14.0 Å². The molecule has 0 aromatic carbocycles. The van der Waals surface area contributed by atoms with E-state index in [4.69, 9.17) is 4.43 Å². The quantitative estimate of drug-likeness (QED) is 0.630. The third-order valence-electron chi connectivity index (χ3n) is 5.43. The van der Waals surface area contributed by atoms with E-state index in [1.54, 1.807) is 0 Å². The van der Waals surface area contributed by atoms with Gasteiger partial charge in [0.05, 0.1) is 18.1 Å². The van der Waals surface area contributed by atoms with Crippen LogP contribution < -0.4 is 5.32 Å². The number of ketones is 1. The number of Topliss-reactive ketones (excluding diaryl/α,β-unsaturated/α-hetero) is 1. The molecule has 0 aliphatic carbocycles. The van der Waals surface area contributed by atoms with Crippen LogP contribution in [0.15, 0.2) is 0 Å². The summed E-state index contributed by atoms with van der Waals surface area (Å²) < 4.78 is 6.39. The van der Waals surface area contributed by atoms with E-state index in [0.29, 0.717) is 12.2 Å². The number of hydrogen-bond donors (Lipinski definition) is 1. The van der Waals surface area contributed by atoms with Gasteiger partial charge in [0.2, 0.25) is 5.91 Å². The normalized spacial score (nSPS) is 31.5. The maximum absolute atomic E-state index is 12.2. The lowest BCUT2D eigenvalue weighted by molar-refractivity contribution is -0.144. The van der Waals surface area contributed by atoms with Gasteiger partial charge < -0.3 is 9.74 Å². The summed E-state index contributed by atoms with van der Waals surface area (Å²) in [5.74, 6) is 1.87. The topological polar surface area (TPSA) is 55.4 Å². The highest BCUT2D eigenvalue weighted by Gasteiger charge is 2.51. The Labute approximate surface area is 139 Å². The van der Waals surface area contributed by atoms with Gasteiger partial charge in [-0.25, -0.2) is 0 Å². The van der Waals surface area contributed by atoms with Gasteiger partial charge in [0.1, 0.15) is 5.78 Å². The van der Waals surface area contributed by atoms with Crippen LogP contribution in [0.4, 0.5) is 0 Å². The second-order valence-corrected chi connectivity index (χ2v) is 13.9. The molecule has 0 bridgehead atoms. The third kappa shape index (κ3) is 3.43. The standard InChI is InChI=1S/C16H29NO3SSi/c1-10(20-22(5,6)16(2,3)4)13-14(17-15(13)19)11-9-21-8-7-12(11)18/h10-11,13-14H,7-9H2,1-6H3,(H,17,19)/t10-,11+,13-,14-/m1/s1. The third-order valence-corrected chi connectivity index (χ3v) is 11.1. The molecule has 22 heavy (non-hydrogen) atoms. The van der Waals surface area contributed by atoms with Crippen LogP contribution in [-0.2, 0) is 14.0 Å². The number of nitrogens with one attached hydrogen (secondary N) is 1. The maximum Gasteiger partial charge on any atom is 0.228 e. The summed E-state index contributed by atoms with van der Waals surface area (Å²) in [6.07, 6.45) is 0.505. The van der Waals surface area contributed by atoms with Gasteiger partial charge in [0.15, 0.2) is 8.32 Å². The monoisotopic (exact) mass is 343 g/mol. The van der Waals surface area contributed by atoms with Gasteiger partial charge in [-0.15, -0.1) is 0 Å². The zero-order valence-corrected chi connectivity index (χ0v) is 16.4. The molecule has 0 radical (unpaired) electrons. The SMILES string of the molecule is C[C@@H](O[Si](C)(C)C(C)(C)C)[C@H]1C(=O)N[C@@H]1[C@H]1CSCCC1=O. The summed E-state index contributed by atoms with van der Waals surface area (Å²) in [4.78, 5) is 24.2. The zero-order chi connectivity index (χ0) is 16.7. The summed E-state index contributed by atoms with van der Waals surface area (Å²) in [6, 6.07) is -0.0347. The van der Waals surface area contributed by atoms with Crippen molar-refractivity contribution in [2.75, 3.05) is 11.5 Å². The molecule has 0 saturated carbocycles. The van der Waals surface area contributed by atoms with E-state index in [0.717, 1.165) is 11.5 Å². The van der Waals surface area contributed by atoms with Crippen molar-refractivity contribution in [1.29, 1.82) is 0 Å². The Bertz CT molecular complexity index is 461. The molecule has 1 amide bonds. The molecule has 2 fully saturated rings. The van der Waals surface area contributed by atoms with E-state index in [-0.39, 0.29) is 34.9 Å². The molecule has 1 N–H and O–H groups in total. The van der Waals surface area contributed by atoms with Crippen LogP contribution in [0.25, 0.3) is 0 Å². The Morgan fingerprint density at radius 1 is 1.32 bits per heavy atom. The lowest BCUT2D eigenvalue weighted by Crippen LogP contribution is -2.67. The fraction of sp³-hybridized carbons (Fsp3) is 0.875. The van der Waals surface area contributed by atoms with Gasteiger partial charge in [-0.05, 0) is 25.1 Å². The van der Waals surface area contributed by atoms with Crippen molar-refractivity contribution in [2.24, 2.45) is 11.8 Å². The van der Waals surface area contributed by atoms with Crippen LogP contribution in [0.5, 0.6) is 0 Å². The predicted octanol–water partition coefficient (Wildman–Crippen LogP) is 2.83. The second kappa shape index (κ2) is 6.28. The van der Waals surface area contributed by atoms with Crippen LogP contribution in [0.3, 0.4) is 0 Å². The molecule has 0 spiro atoms. The summed E-state index contributed by atoms with van der Waals surface area (Å²) in [7, 11) is -1.91. The summed E-state index contributed by atoms with van der Waals surface area (Å²) in [6.45, 7) is 13.0. The Morgan fingerprint density at radius 3 is 2.45 bits per heavy atom. The van der Waals surface area contributed by atoms with Gasteiger partial charge >= 0.3 is 0 Å². The minimum absolute atomic E-state index is 0.0347. The first-order valence-corrected chi connectivity index (χ1v) is 12.2. The highest BCUT2D eigenvalue weighted by molar-refractivity contribution is 7.99. The van der Waals surface area contributed by atoms with Crippen molar-refractivity contribution in [3.8, 4) is 0 Å². The fourth-order valence-corrected chi connectivity index (χ4v) is 5.54. The Kier molecular flexibility index (Phi) is 5.14. The van der Waals surface area contributed by atoms with Crippen molar-refractivity contribution >= 4 is 31.8 Å². The first kappa shape index (κ1) is 18.0. The lowest BCUT2D eigenvalue weighted by atomic mass is 9.77. The Balaban J connectivity index is 2.06. The maximum atomic E-state index is 12.2. The average molecular weight is 344 g/mol. The Morgan fingerprint density at radius 2 is 1.95 bits per heavy atom. The van der Waals surface area contributed by atoms with E-state index in [1.165, 1.54) is 0 Å². The van der Waals surface area contributed by atoms with Crippen molar-refractivity contribution in [3.63, 3.8) is 0 Å². The average Bonchev–Trinajstić information content (AvgIpc) is 2.34. The van der Waals surface area contributed by atoms with E-state index >= 15 is 0 Å². The number of amides is 1. The molecule has 0 aromatic rings. The van der Waals surface area contributed by atoms with E-state index in [9.17, 15) is 9.59 Å². The molecule has 2 heterocycles. The second-order valence-electron chi connectivity index (χ2n) is 8.04. The molecule has 0 aromatic heterocycles. The van der Waals surface area contributed by atoms with Crippen molar-refractivity contribution in [1.82, 2.24) is 5.32 Å². The molecule has 2 aliphatic heterocycles. The minimum Gasteiger partial charge on any atom is -0.413 e.